The Balaban J connectivity index is 2.19. The fraction of sp³-hybridized carbons (Fsp3) is 0.750. The number of carboxylic acids is 1. The lowest BCUT2D eigenvalue weighted by molar-refractivity contribution is -0.145. The van der Waals surface area contributed by atoms with Crippen molar-refractivity contribution in [3.8, 4) is 0 Å². The molecule has 108 valence electrons. The molecule has 0 saturated carbocycles. The highest BCUT2D eigenvalue weighted by atomic mass is 16.4. The number of urea groups is 1. The van der Waals surface area contributed by atoms with E-state index in [2.05, 4.69) is 10.6 Å². The summed E-state index contributed by atoms with van der Waals surface area (Å²) in [6.07, 6.45) is 0.808. The van der Waals surface area contributed by atoms with Crippen LogP contribution >= 0.6 is 0 Å². The number of carboxylic acid groups (broad SMARTS) is 1. The molecule has 1 unspecified atom stereocenters. The van der Waals surface area contributed by atoms with Gasteiger partial charge >= 0.3 is 12.0 Å². The van der Waals surface area contributed by atoms with Crippen molar-refractivity contribution in [2.75, 3.05) is 26.2 Å². The molecule has 0 bridgehead atoms. The maximum absolute atomic E-state index is 11.5. The van der Waals surface area contributed by atoms with E-state index in [1.165, 1.54) is 0 Å². The molecular weight excluding hydrogens is 250 g/mol. The number of nitrogens with one attached hydrogen (secondary N) is 2. The van der Waals surface area contributed by atoms with E-state index in [4.69, 9.17) is 5.11 Å². The van der Waals surface area contributed by atoms with Gasteiger partial charge in [-0.2, -0.15) is 0 Å². The largest absolute Gasteiger partial charge is 0.481 e. The predicted molar refractivity (Wildman–Crippen MR) is 68.6 cm³/mol. The standard InChI is InChI=1S/C12H21N3O4/c1-3-4-13-12(19)14-10(16)7-15-5-9(6-15)8(2)11(17)18/h8-9H,3-7H2,1-2H3,(H,17,18)(H2,13,14,16,19). The Morgan fingerprint density at radius 2 is 2.00 bits per heavy atom. The third-order valence-electron chi connectivity index (χ3n) is 3.24. The van der Waals surface area contributed by atoms with Gasteiger partial charge in [0.2, 0.25) is 5.91 Å². The second-order valence-electron chi connectivity index (χ2n) is 4.89. The normalized spacial score (nSPS) is 17.4. The van der Waals surface area contributed by atoms with Crippen LogP contribution in [0.1, 0.15) is 20.3 Å². The minimum atomic E-state index is -0.812. The summed E-state index contributed by atoms with van der Waals surface area (Å²) in [5.41, 5.74) is 0. The molecule has 3 N–H and O–H groups in total. The van der Waals surface area contributed by atoms with Crippen molar-refractivity contribution in [2.24, 2.45) is 11.8 Å². The predicted octanol–water partition coefficient (Wildman–Crippen LogP) is -0.125. The average molecular weight is 271 g/mol. The summed E-state index contributed by atoms with van der Waals surface area (Å²) < 4.78 is 0. The van der Waals surface area contributed by atoms with Gasteiger partial charge in [-0.05, 0) is 12.3 Å². The molecule has 0 aromatic rings. The van der Waals surface area contributed by atoms with Crippen molar-refractivity contribution in [3.05, 3.63) is 0 Å². The van der Waals surface area contributed by atoms with E-state index in [1.54, 1.807) is 6.92 Å². The lowest BCUT2D eigenvalue weighted by Gasteiger charge is -2.40. The third kappa shape index (κ3) is 4.86. The first-order chi connectivity index (χ1) is 8.93. The van der Waals surface area contributed by atoms with Gasteiger partial charge in [-0.15, -0.1) is 0 Å². The summed E-state index contributed by atoms with van der Waals surface area (Å²) in [5, 5.41) is 13.6. The molecule has 1 atom stereocenters. The van der Waals surface area contributed by atoms with E-state index in [1.807, 2.05) is 11.8 Å². The SMILES string of the molecule is CCCNC(=O)NC(=O)CN1CC(C(C)C(=O)O)C1. The molecule has 7 heteroatoms. The monoisotopic (exact) mass is 271 g/mol. The average Bonchev–Trinajstić information content (AvgIpc) is 2.29. The van der Waals surface area contributed by atoms with E-state index in [-0.39, 0.29) is 18.4 Å². The first kappa shape index (κ1) is 15.4. The van der Waals surface area contributed by atoms with Crippen LogP contribution in [0.15, 0.2) is 0 Å². The quantitative estimate of drug-likeness (QED) is 0.625. The number of likely N-dealkylation sites (tertiary alicyclic amines) is 1. The van der Waals surface area contributed by atoms with Crippen molar-refractivity contribution in [1.29, 1.82) is 0 Å². The molecule has 0 aliphatic carbocycles. The molecule has 7 nitrogen and oxygen atoms in total. The zero-order valence-corrected chi connectivity index (χ0v) is 11.3. The number of aliphatic carboxylic acids is 1. The first-order valence-corrected chi connectivity index (χ1v) is 6.46. The van der Waals surface area contributed by atoms with E-state index >= 15 is 0 Å². The van der Waals surface area contributed by atoms with Crippen LogP contribution in [0, 0.1) is 11.8 Å². The molecule has 1 fully saturated rings. The molecule has 1 aliphatic heterocycles. The molecule has 0 aromatic carbocycles. The minimum Gasteiger partial charge on any atom is -0.481 e. The van der Waals surface area contributed by atoms with Gasteiger partial charge in [-0.1, -0.05) is 13.8 Å². The van der Waals surface area contributed by atoms with E-state index in [0.29, 0.717) is 19.6 Å². The van der Waals surface area contributed by atoms with Gasteiger partial charge in [0.15, 0.2) is 0 Å². The Bertz CT molecular complexity index is 353. The summed E-state index contributed by atoms with van der Waals surface area (Å²) in [4.78, 5) is 35.3. The van der Waals surface area contributed by atoms with Crippen molar-refractivity contribution in [3.63, 3.8) is 0 Å². The maximum Gasteiger partial charge on any atom is 0.321 e. The summed E-state index contributed by atoms with van der Waals surface area (Å²) in [5.74, 6) is -1.49. The molecule has 19 heavy (non-hydrogen) atoms. The Hall–Kier alpha value is -1.63. The van der Waals surface area contributed by atoms with Crippen LogP contribution < -0.4 is 10.6 Å². The number of hydrogen-bond donors (Lipinski definition) is 3. The highest BCUT2D eigenvalue weighted by Crippen LogP contribution is 2.23. The number of carbonyl (C=O) groups excluding carboxylic acids is 2. The van der Waals surface area contributed by atoms with Gasteiger partial charge in [-0.3, -0.25) is 19.8 Å². The molecule has 1 aliphatic rings. The Morgan fingerprint density at radius 1 is 1.37 bits per heavy atom. The van der Waals surface area contributed by atoms with E-state index in [9.17, 15) is 14.4 Å². The third-order valence-corrected chi connectivity index (χ3v) is 3.24. The smallest absolute Gasteiger partial charge is 0.321 e. The maximum atomic E-state index is 11.5. The number of hydrogen-bond acceptors (Lipinski definition) is 4. The molecule has 1 heterocycles. The van der Waals surface area contributed by atoms with Crippen LogP contribution in [0.5, 0.6) is 0 Å². The fourth-order valence-electron chi connectivity index (χ4n) is 1.91. The van der Waals surface area contributed by atoms with Crippen molar-refractivity contribution in [2.45, 2.75) is 20.3 Å². The summed E-state index contributed by atoms with van der Waals surface area (Å²) >= 11 is 0. The Kier molecular flexibility index (Phi) is 5.75. The summed E-state index contributed by atoms with van der Waals surface area (Å²) in [6.45, 7) is 5.41. The van der Waals surface area contributed by atoms with Gasteiger partial charge in [-0.25, -0.2) is 4.79 Å². The van der Waals surface area contributed by atoms with Crippen molar-refractivity contribution in [1.82, 2.24) is 15.5 Å². The lowest BCUT2D eigenvalue weighted by Crippen LogP contribution is -2.55. The highest BCUT2D eigenvalue weighted by molar-refractivity contribution is 5.95. The van der Waals surface area contributed by atoms with Crippen LogP contribution in [0.2, 0.25) is 0 Å². The zero-order chi connectivity index (χ0) is 14.4. The van der Waals surface area contributed by atoms with Gasteiger partial charge in [0.05, 0.1) is 12.5 Å². The van der Waals surface area contributed by atoms with E-state index in [0.717, 1.165) is 6.42 Å². The van der Waals surface area contributed by atoms with Gasteiger partial charge in [0.25, 0.3) is 0 Å². The summed E-state index contributed by atoms with van der Waals surface area (Å²) in [6, 6.07) is -0.483. The van der Waals surface area contributed by atoms with Crippen LogP contribution in [-0.4, -0.2) is 54.1 Å². The first-order valence-electron chi connectivity index (χ1n) is 6.46. The molecule has 1 saturated heterocycles. The highest BCUT2D eigenvalue weighted by Gasteiger charge is 2.35. The van der Waals surface area contributed by atoms with Crippen LogP contribution in [-0.2, 0) is 9.59 Å². The number of nitrogens with zero attached hydrogens (tertiary/aromatic N) is 1. The molecule has 0 aromatic heterocycles. The van der Waals surface area contributed by atoms with Gasteiger partial charge < -0.3 is 10.4 Å². The van der Waals surface area contributed by atoms with Gasteiger partial charge in [0.1, 0.15) is 0 Å². The topological polar surface area (TPSA) is 98.7 Å². The molecule has 0 spiro atoms. The molecule has 3 amide bonds. The number of imide groups is 1. The Labute approximate surface area is 112 Å². The zero-order valence-electron chi connectivity index (χ0n) is 11.3. The molecule has 0 radical (unpaired) electrons. The Morgan fingerprint density at radius 3 is 2.53 bits per heavy atom. The molecular formula is C12H21N3O4. The number of amides is 3. The van der Waals surface area contributed by atoms with Crippen molar-refractivity contribution < 1.29 is 19.5 Å². The van der Waals surface area contributed by atoms with Crippen LogP contribution in [0.25, 0.3) is 0 Å². The minimum absolute atomic E-state index is 0.0826. The number of rotatable bonds is 6. The van der Waals surface area contributed by atoms with Crippen LogP contribution in [0.4, 0.5) is 4.79 Å². The fourth-order valence-corrected chi connectivity index (χ4v) is 1.91. The summed E-state index contributed by atoms with van der Waals surface area (Å²) in [7, 11) is 0. The van der Waals surface area contributed by atoms with Gasteiger partial charge in [0, 0.05) is 19.6 Å². The van der Waals surface area contributed by atoms with E-state index < -0.39 is 17.9 Å². The number of carbonyl (C=O) groups is 3. The van der Waals surface area contributed by atoms with Crippen molar-refractivity contribution >= 4 is 17.9 Å². The lowest BCUT2D eigenvalue weighted by atomic mass is 9.87. The second-order valence-corrected chi connectivity index (χ2v) is 4.89. The second kappa shape index (κ2) is 7.08. The van der Waals surface area contributed by atoms with Crippen LogP contribution in [0.3, 0.4) is 0 Å². The molecule has 1 rings (SSSR count).